The van der Waals surface area contributed by atoms with Gasteiger partial charge in [-0.2, -0.15) is 0 Å². The summed E-state index contributed by atoms with van der Waals surface area (Å²) in [6.07, 6.45) is -0.833. The van der Waals surface area contributed by atoms with E-state index in [1.807, 2.05) is 53.8 Å². The molecule has 0 radical (unpaired) electrons. The molecule has 5 N–H and O–H groups in total. The van der Waals surface area contributed by atoms with Crippen LogP contribution in [0.1, 0.15) is 29.7 Å². The average molecular weight is 608 g/mol. The van der Waals surface area contributed by atoms with E-state index in [1.54, 1.807) is 23.6 Å². The van der Waals surface area contributed by atoms with E-state index in [1.165, 1.54) is 16.2 Å². The van der Waals surface area contributed by atoms with Crippen LogP contribution in [0.3, 0.4) is 0 Å². The molecule has 1 aliphatic heterocycles. The predicted octanol–water partition coefficient (Wildman–Crippen LogP) is 2.98. The number of carbonyl (C=O) groups is 4. The Balaban J connectivity index is 1.30. The summed E-state index contributed by atoms with van der Waals surface area (Å²) >= 11 is 1.27. The third-order valence-corrected chi connectivity index (χ3v) is 7.48. The predicted molar refractivity (Wildman–Crippen MR) is 159 cm³/mol. The maximum atomic E-state index is 13.3. The van der Waals surface area contributed by atoms with Gasteiger partial charge in [-0.15, -0.1) is 11.3 Å². The largest absolute Gasteiger partial charge is 0.494 e. The second-order valence-corrected chi connectivity index (χ2v) is 10.7. The molecule has 1 aromatic heterocycles. The quantitative estimate of drug-likeness (QED) is 0.113. The smallest absolute Gasteiger partial charge is 0.410 e. The van der Waals surface area contributed by atoms with Crippen LogP contribution in [0.4, 0.5) is 4.79 Å². The van der Waals surface area contributed by atoms with Crippen molar-refractivity contribution in [2.24, 2.45) is 0 Å². The van der Waals surface area contributed by atoms with Crippen molar-refractivity contribution < 1.29 is 33.8 Å². The fraction of sp³-hybridized carbons (Fsp3) is 0.300. The minimum absolute atomic E-state index is 0.133. The van der Waals surface area contributed by atoms with E-state index in [4.69, 9.17) is 20.0 Å². The number of carbonyl (C=O) groups excluding carboxylic acids is 3. The number of amides is 4. The van der Waals surface area contributed by atoms with Crippen molar-refractivity contribution in [3.63, 3.8) is 0 Å². The summed E-state index contributed by atoms with van der Waals surface area (Å²) in [7, 11) is 0. The van der Waals surface area contributed by atoms with E-state index in [-0.39, 0.29) is 50.1 Å². The molecular formula is C30H33N5O7S. The normalized spacial score (nSPS) is 15.8. The first kappa shape index (κ1) is 31.0. The number of thiophene rings is 1. The average Bonchev–Trinajstić information content (AvgIpc) is 3.65. The molecule has 4 rings (SSSR count). The Morgan fingerprint density at radius 1 is 1.00 bits per heavy atom. The molecule has 1 saturated heterocycles. The highest BCUT2D eigenvalue weighted by Crippen LogP contribution is 2.24. The zero-order valence-electron chi connectivity index (χ0n) is 23.3. The highest BCUT2D eigenvalue weighted by Gasteiger charge is 2.40. The summed E-state index contributed by atoms with van der Waals surface area (Å²) in [6.45, 7) is 0.413. The molecule has 1 aliphatic rings. The third kappa shape index (κ3) is 9.57. The highest BCUT2D eigenvalue weighted by molar-refractivity contribution is 7.10. The number of nitrogens with one attached hydrogen (secondary N) is 4. The first-order valence-electron chi connectivity index (χ1n) is 13.7. The Bertz CT molecular complexity index is 1420. The molecule has 0 spiro atoms. The number of para-hydroxylation sites is 2. The third-order valence-electron chi connectivity index (χ3n) is 6.54. The van der Waals surface area contributed by atoms with Crippen molar-refractivity contribution in [3.05, 3.63) is 82.6 Å². The van der Waals surface area contributed by atoms with E-state index in [0.29, 0.717) is 29.2 Å². The van der Waals surface area contributed by atoms with Crippen molar-refractivity contribution in [1.29, 1.82) is 5.41 Å². The van der Waals surface area contributed by atoms with Crippen LogP contribution in [0.15, 0.2) is 72.1 Å². The number of likely N-dealkylation sites (tertiary alicyclic amines) is 1. The molecule has 4 amide bonds. The minimum Gasteiger partial charge on any atom is -0.494 e. The molecule has 1 fully saturated rings. The van der Waals surface area contributed by atoms with E-state index in [0.717, 1.165) is 5.75 Å². The van der Waals surface area contributed by atoms with Crippen LogP contribution in [0.5, 0.6) is 11.5 Å². The van der Waals surface area contributed by atoms with Gasteiger partial charge in [-0.1, -0.05) is 36.4 Å². The Labute approximate surface area is 252 Å². The Hall–Kier alpha value is -4.91. The summed E-state index contributed by atoms with van der Waals surface area (Å²) in [5, 5.41) is 25.7. The summed E-state index contributed by atoms with van der Waals surface area (Å²) in [6, 6.07) is 19.2. The lowest BCUT2D eigenvalue weighted by Gasteiger charge is -2.23. The molecule has 13 heteroatoms. The van der Waals surface area contributed by atoms with Crippen molar-refractivity contribution in [3.8, 4) is 11.5 Å². The van der Waals surface area contributed by atoms with Crippen molar-refractivity contribution >= 4 is 41.0 Å². The topological polar surface area (TPSA) is 170 Å². The van der Waals surface area contributed by atoms with Crippen molar-refractivity contribution in [2.75, 3.05) is 19.7 Å². The molecular weight excluding hydrogens is 574 g/mol. The van der Waals surface area contributed by atoms with Crippen molar-refractivity contribution in [2.45, 2.75) is 38.0 Å². The van der Waals surface area contributed by atoms with Gasteiger partial charge in [0, 0.05) is 28.7 Å². The summed E-state index contributed by atoms with van der Waals surface area (Å²) < 4.78 is 11.6. The molecule has 3 aromatic rings. The zero-order valence-corrected chi connectivity index (χ0v) is 24.1. The summed E-state index contributed by atoms with van der Waals surface area (Å²) in [5.74, 6) is -0.00175. The SMILES string of the molecule is N=C(NC(=O)O)c1csc(CNC(=O)[C@@H]2C[C@@H](Oc3ccccc3)CN2C(=O)CNC(=O)CCCOc2ccccc2)c1. The van der Waals surface area contributed by atoms with E-state index in [9.17, 15) is 19.2 Å². The van der Waals surface area contributed by atoms with Gasteiger partial charge in [-0.25, -0.2) is 4.79 Å². The molecule has 226 valence electrons. The second kappa shape index (κ2) is 15.4. The lowest BCUT2D eigenvalue weighted by molar-refractivity contribution is -0.138. The van der Waals surface area contributed by atoms with Gasteiger partial charge in [0.1, 0.15) is 29.5 Å². The van der Waals surface area contributed by atoms with E-state index >= 15 is 0 Å². The Morgan fingerprint density at radius 3 is 2.40 bits per heavy atom. The first-order chi connectivity index (χ1) is 20.8. The van der Waals surface area contributed by atoms with Crippen molar-refractivity contribution in [1.82, 2.24) is 20.9 Å². The maximum absolute atomic E-state index is 13.3. The fourth-order valence-corrected chi connectivity index (χ4v) is 5.29. The molecule has 2 heterocycles. The Morgan fingerprint density at radius 2 is 1.70 bits per heavy atom. The molecule has 0 bridgehead atoms. The second-order valence-electron chi connectivity index (χ2n) is 9.72. The summed E-state index contributed by atoms with van der Waals surface area (Å²) in [5.41, 5.74) is 0.382. The number of hydrogen-bond donors (Lipinski definition) is 5. The number of benzene rings is 2. The van der Waals surface area contributed by atoms with Crippen LogP contribution >= 0.6 is 11.3 Å². The van der Waals surface area contributed by atoms with E-state index < -0.39 is 24.1 Å². The van der Waals surface area contributed by atoms with Gasteiger partial charge in [0.15, 0.2) is 0 Å². The zero-order chi connectivity index (χ0) is 30.6. The van der Waals surface area contributed by atoms with Gasteiger partial charge < -0.3 is 30.1 Å². The number of amidine groups is 1. The molecule has 0 saturated carbocycles. The van der Waals surface area contributed by atoms with Crippen LogP contribution in [-0.4, -0.2) is 71.5 Å². The fourth-order valence-electron chi connectivity index (χ4n) is 4.48. The van der Waals surface area contributed by atoms with Crippen LogP contribution < -0.4 is 25.4 Å². The number of carboxylic acid groups (broad SMARTS) is 1. The van der Waals surface area contributed by atoms with Gasteiger partial charge in [0.25, 0.3) is 0 Å². The van der Waals surface area contributed by atoms with Gasteiger partial charge in [-0.3, -0.25) is 25.1 Å². The van der Waals surface area contributed by atoms with Gasteiger partial charge in [0.2, 0.25) is 17.7 Å². The monoisotopic (exact) mass is 607 g/mol. The number of rotatable bonds is 13. The number of hydrogen-bond acceptors (Lipinski definition) is 8. The first-order valence-corrected chi connectivity index (χ1v) is 14.6. The van der Waals surface area contributed by atoms with E-state index in [2.05, 4.69) is 10.6 Å². The molecule has 2 aromatic carbocycles. The van der Waals surface area contributed by atoms with Crippen LogP contribution in [0.2, 0.25) is 0 Å². The summed E-state index contributed by atoms with van der Waals surface area (Å²) in [4.78, 5) is 51.7. The van der Waals surface area contributed by atoms with Crippen LogP contribution in [-0.2, 0) is 20.9 Å². The molecule has 12 nitrogen and oxygen atoms in total. The Kier molecular flexibility index (Phi) is 11.1. The van der Waals surface area contributed by atoms with Crippen LogP contribution in [0.25, 0.3) is 0 Å². The number of nitrogens with zero attached hydrogens (tertiary/aromatic N) is 1. The molecule has 2 atom stereocenters. The van der Waals surface area contributed by atoms with Gasteiger partial charge in [0.05, 0.1) is 26.2 Å². The van der Waals surface area contributed by atoms with Gasteiger partial charge in [-0.05, 0) is 36.8 Å². The number of ether oxygens (including phenoxy) is 2. The standard InChI is InChI=1S/C30H33N5O7S/c31-28(34-30(39)40)20-14-24(43-19-20)16-33-29(38)25-15-23(42-22-10-5-2-6-11-22)18-35(25)27(37)17-32-26(36)12-7-13-41-21-8-3-1-4-9-21/h1-6,8-11,14,19,23,25H,7,12-13,15-18H2,(H2,31,34)(H,32,36)(H,33,38)(H,39,40)/t23-,25+/m1/s1. The van der Waals surface area contributed by atoms with Crippen LogP contribution in [0, 0.1) is 5.41 Å². The lowest BCUT2D eigenvalue weighted by atomic mass is 10.1. The maximum Gasteiger partial charge on any atom is 0.410 e. The molecule has 0 aliphatic carbocycles. The lowest BCUT2D eigenvalue weighted by Crippen LogP contribution is -2.48. The highest BCUT2D eigenvalue weighted by atomic mass is 32.1. The molecule has 43 heavy (non-hydrogen) atoms. The van der Waals surface area contributed by atoms with Gasteiger partial charge >= 0.3 is 6.09 Å². The minimum atomic E-state index is -1.34. The molecule has 0 unspecified atom stereocenters.